The standard InChI is InChI=1S/C34H31F3N8O5S2/c1-21-23(35)6-4-8-28(21)51(47,48)42-25-10-9-24(36)32(31(25)37)41-34-33-26(38-20-39-34)11-12-30(40-33)45-19-29(22-5-2-3-7-27(22)45)52(49,50)44-15-13-43(14-16-44)17-18-46/h2-12,19-20,42,46H,13-18H2,1H3,(H,38,39,41). The molecule has 1 aliphatic rings. The van der Waals surface area contributed by atoms with E-state index >= 15 is 8.78 Å². The Morgan fingerprint density at radius 2 is 1.62 bits per heavy atom. The summed E-state index contributed by atoms with van der Waals surface area (Å²) < 4.78 is 104. The van der Waals surface area contributed by atoms with Crippen molar-refractivity contribution in [3.05, 3.63) is 102 Å². The van der Waals surface area contributed by atoms with Crippen molar-refractivity contribution < 1.29 is 35.1 Å². The molecule has 0 atom stereocenters. The molecular weight excluding hydrogens is 722 g/mol. The van der Waals surface area contributed by atoms with Crippen LogP contribution in [0.25, 0.3) is 27.8 Å². The number of hydrogen-bond donors (Lipinski definition) is 3. The van der Waals surface area contributed by atoms with Gasteiger partial charge in [0.25, 0.3) is 10.0 Å². The molecule has 3 aromatic carbocycles. The van der Waals surface area contributed by atoms with Gasteiger partial charge in [0, 0.05) is 49.9 Å². The van der Waals surface area contributed by atoms with Crippen molar-refractivity contribution in [2.45, 2.75) is 16.7 Å². The van der Waals surface area contributed by atoms with Crippen LogP contribution in [0.1, 0.15) is 5.56 Å². The average molecular weight is 753 g/mol. The first-order valence-corrected chi connectivity index (χ1v) is 18.9. The molecule has 0 saturated carbocycles. The van der Waals surface area contributed by atoms with Gasteiger partial charge >= 0.3 is 0 Å². The third-order valence-corrected chi connectivity index (χ3v) is 12.3. The lowest BCUT2D eigenvalue weighted by Crippen LogP contribution is -2.49. The molecule has 7 rings (SSSR count). The molecular formula is C34H31F3N8O5S2. The SMILES string of the molecule is Cc1c(F)cccc1S(=O)(=O)Nc1ccc(F)c(Nc2ncnc3ccc(-n4cc(S(=O)(=O)N5CCN(CCO)CC5)c5ccccc54)nc23)c1F. The second kappa shape index (κ2) is 13.8. The molecule has 3 N–H and O–H groups in total. The molecule has 4 heterocycles. The van der Waals surface area contributed by atoms with Gasteiger partial charge in [-0.15, -0.1) is 0 Å². The molecule has 52 heavy (non-hydrogen) atoms. The van der Waals surface area contributed by atoms with E-state index in [4.69, 9.17) is 0 Å². The summed E-state index contributed by atoms with van der Waals surface area (Å²) in [6, 6.07) is 15.3. The summed E-state index contributed by atoms with van der Waals surface area (Å²) in [7, 11) is -8.43. The summed E-state index contributed by atoms with van der Waals surface area (Å²) in [4.78, 5) is 14.7. The van der Waals surface area contributed by atoms with Crippen LogP contribution in [-0.2, 0) is 20.0 Å². The third kappa shape index (κ3) is 6.43. The van der Waals surface area contributed by atoms with E-state index in [1.165, 1.54) is 23.5 Å². The first-order valence-electron chi connectivity index (χ1n) is 16.0. The average Bonchev–Trinajstić information content (AvgIpc) is 3.53. The zero-order chi connectivity index (χ0) is 36.8. The number of pyridine rings is 1. The Bertz CT molecular complexity index is 2560. The molecule has 1 aliphatic heterocycles. The molecule has 13 nitrogen and oxygen atoms in total. The van der Waals surface area contributed by atoms with Gasteiger partial charge in [-0.2, -0.15) is 4.31 Å². The summed E-state index contributed by atoms with van der Waals surface area (Å²) in [5.74, 6) is -3.02. The second-order valence-electron chi connectivity index (χ2n) is 12.0. The molecule has 3 aromatic heterocycles. The van der Waals surface area contributed by atoms with E-state index in [1.54, 1.807) is 41.0 Å². The number of aliphatic hydroxyl groups is 1. The number of piperazine rings is 1. The summed E-state index contributed by atoms with van der Waals surface area (Å²) >= 11 is 0. The number of rotatable bonds is 10. The second-order valence-corrected chi connectivity index (χ2v) is 15.5. The molecule has 270 valence electrons. The number of halogens is 3. The third-order valence-electron chi connectivity index (χ3n) is 8.84. The zero-order valence-electron chi connectivity index (χ0n) is 27.5. The fourth-order valence-electron chi connectivity index (χ4n) is 6.12. The Hall–Kier alpha value is -5.14. The molecule has 0 amide bonds. The number of nitrogens with one attached hydrogen (secondary N) is 2. The molecule has 0 bridgehead atoms. The van der Waals surface area contributed by atoms with Crippen molar-refractivity contribution in [2.24, 2.45) is 0 Å². The van der Waals surface area contributed by atoms with Crippen molar-refractivity contribution >= 4 is 59.2 Å². The maximum atomic E-state index is 15.8. The highest BCUT2D eigenvalue weighted by molar-refractivity contribution is 7.92. The monoisotopic (exact) mass is 752 g/mol. The van der Waals surface area contributed by atoms with Crippen LogP contribution in [0.2, 0.25) is 0 Å². The van der Waals surface area contributed by atoms with E-state index in [9.17, 15) is 26.3 Å². The lowest BCUT2D eigenvalue weighted by atomic mass is 10.2. The number of fused-ring (bicyclic) bond motifs is 2. The largest absolute Gasteiger partial charge is 0.395 e. The van der Waals surface area contributed by atoms with Gasteiger partial charge in [0.2, 0.25) is 10.0 Å². The van der Waals surface area contributed by atoms with Crippen molar-refractivity contribution in [1.29, 1.82) is 0 Å². The Balaban J connectivity index is 1.25. The van der Waals surface area contributed by atoms with Crippen molar-refractivity contribution in [3.63, 3.8) is 0 Å². The number of sulfonamides is 2. The molecule has 6 aromatic rings. The smallest absolute Gasteiger partial charge is 0.262 e. The first-order chi connectivity index (χ1) is 24.9. The fraction of sp³-hybridized carbons (Fsp3) is 0.206. The van der Waals surface area contributed by atoms with Crippen LogP contribution < -0.4 is 10.0 Å². The van der Waals surface area contributed by atoms with E-state index in [2.05, 4.69) is 25.0 Å². The number of β-amino-alcohol motifs (C(OH)–C–C–N with tert-alkyl or cyclic N) is 1. The first kappa shape index (κ1) is 35.3. The van der Waals surface area contributed by atoms with Gasteiger partial charge < -0.3 is 10.4 Å². The van der Waals surface area contributed by atoms with Crippen molar-refractivity contribution in [1.82, 2.24) is 28.7 Å². The lowest BCUT2D eigenvalue weighted by Gasteiger charge is -2.33. The van der Waals surface area contributed by atoms with Gasteiger partial charge in [-0.1, -0.05) is 24.3 Å². The minimum atomic E-state index is -4.48. The highest BCUT2D eigenvalue weighted by Crippen LogP contribution is 2.34. The number of anilines is 3. The Morgan fingerprint density at radius 1 is 0.846 bits per heavy atom. The molecule has 0 unspecified atom stereocenters. The van der Waals surface area contributed by atoms with Crippen LogP contribution in [0.4, 0.5) is 30.4 Å². The molecule has 0 aliphatic carbocycles. The van der Waals surface area contributed by atoms with Crippen LogP contribution in [0.15, 0.2) is 89.0 Å². The van der Waals surface area contributed by atoms with E-state index in [0.717, 1.165) is 30.6 Å². The molecule has 1 saturated heterocycles. The highest BCUT2D eigenvalue weighted by atomic mass is 32.2. The normalized spacial score (nSPS) is 14.6. The van der Waals surface area contributed by atoms with Crippen molar-refractivity contribution in [2.75, 3.05) is 49.4 Å². The van der Waals surface area contributed by atoms with Gasteiger partial charge in [0.05, 0.1) is 28.2 Å². The van der Waals surface area contributed by atoms with Gasteiger partial charge in [0.1, 0.15) is 39.9 Å². The summed E-state index contributed by atoms with van der Waals surface area (Å²) in [5.41, 5.74) is -0.650. The predicted octanol–water partition coefficient (Wildman–Crippen LogP) is 4.54. The molecule has 0 spiro atoms. The maximum absolute atomic E-state index is 15.8. The molecule has 1 fully saturated rings. The summed E-state index contributed by atoms with van der Waals surface area (Å²) in [6.45, 7) is 3.16. The Labute approximate surface area is 296 Å². The zero-order valence-corrected chi connectivity index (χ0v) is 29.1. The van der Waals surface area contributed by atoms with Gasteiger partial charge in [-0.25, -0.2) is 45.0 Å². The van der Waals surface area contributed by atoms with Crippen LogP contribution in [0, 0.1) is 24.4 Å². The lowest BCUT2D eigenvalue weighted by molar-refractivity contribution is 0.151. The van der Waals surface area contributed by atoms with E-state index in [-0.39, 0.29) is 52.8 Å². The number of para-hydroxylation sites is 1. The van der Waals surface area contributed by atoms with Crippen LogP contribution >= 0.6 is 0 Å². The topological polar surface area (TPSA) is 163 Å². The Kier molecular flexibility index (Phi) is 9.34. The van der Waals surface area contributed by atoms with Crippen molar-refractivity contribution in [3.8, 4) is 5.82 Å². The number of nitrogens with zero attached hydrogens (tertiary/aromatic N) is 6. The van der Waals surface area contributed by atoms with Crippen LogP contribution in [-0.4, -0.2) is 90.0 Å². The number of hydrogen-bond acceptors (Lipinski definition) is 10. The highest BCUT2D eigenvalue weighted by Gasteiger charge is 2.31. The van der Waals surface area contributed by atoms with Crippen LogP contribution in [0.3, 0.4) is 0 Å². The van der Waals surface area contributed by atoms with E-state index < -0.39 is 53.8 Å². The Morgan fingerprint density at radius 3 is 2.38 bits per heavy atom. The van der Waals surface area contributed by atoms with Gasteiger partial charge in [-0.3, -0.25) is 14.2 Å². The quantitative estimate of drug-likeness (QED) is 0.181. The number of benzene rings is 3. The van der Waals surface area contributed by atoms with Gasteiger partial charge in [-0.05, 0) is 49.4 Å². The summed E-state index contributed by atoms with van der Waals surface area (Å²) in [5, 5.41) is 12.3. The predicted molar refractivity (Wildman–Crippen MR) is 188 cm³/mol. The minimum Gasteiger partial charge on any atom is -0.395 e. The van der Waals surface area contributed by atoms with E-state index in [1.807, 2.05) is 4.90 Å². The summed E-state index contributed by atoms with van der Waals surface area (Å²) in [6.07, 6.45) is 2.62. The fourth-order valence-corrected chi connectivity index (χ4v) is 9.04. The molecule has 18 heteroatoms. The minimum absolute atomic E-state index is 0.0170. The molecule has 0 radical (unpaired) electrons. The van der Waals surface area contributed by atoms with Gasteiger partial charge in [0.15, 0.2) is 11.6 Å². The van der Waals surface area contributed by atoms with Crippen LogP contribution in [0.5, 0.6) is 0 Å². The van der Waals surface area contributed by atoms with E-state index in [0.29, 0.717) is 30.5 Å². The maximum Gasteiger partial charge on any atom is 0.262 e. The number of aromatic nitrogens is 4. The number of aliphatic hydroxyl groups excluding tert-OH is 1.